The van der Waals surface area contributed by atoms with E-state index in [4.69, 9.17) is 9.47 Å². The summed E-state index contributed by atoms with van der Waals surface area (Å²) >= 11 is 0. The molecule has 7 heteroatoms. The lowest BCUT2D eigenvalue weighted by atomic mass is 9.50. The average Bonchev–Trinajstić information content (AvgIpc) is 3.28. The summed E-state index contributed by atoms with van der Waals surface area (Å²) in [6, 6.07) is 11.5. The van der Waals surface area contributed by atoms with Gasteiger partial charge in [0.15, 0.2) is 11.5 Å². The molecule has 1 N–H and O–H groups in total. The third kappa shape index (κ3) is 4.55. The number of benzene rings is 2. The molecule has 2 heterocycles. The Morgan fingerprint density at radius 1 is 1.27 bits per heavy atom. The van der Waals surface area contributed by atoms with Gasteiger partial charge in [0.25, 0.3) is 0 Å². The van der Waals surface area contributed by atoms with Crippen LogP contribution in [-0.2, 0) is 21.4 Å². The van der Waals surface area contributed by atoms with Crippen LogP contribution in [0.25, 0.3) is 6.08 Å². The van der Waals surface area contributed by atoms with Crippen molar-refractivity contribution >= 4 is 18.0 Å². The molecule has 6 rings (SSSR count). The summed E-state index contributed by atoms with van der Waals surface area (Å²) in [5.74, 6) is 1.08. The number of ether oxygens (including phenoxy) is 2. The SMILES string of the molecule is C=CCN1CC[C@]23c4c5c(O)cc(OC(C)=O)c4O[C@H]2[C@@H](N(CC(C)C)C(=O)C=Cc2ccccc2)CC[C@H]3[C@H]1C5. The number of likely N-dealkylation sites (tertiary alicyclic amines) is 1. The maximum absolute atomic E-state index is 13.9. The molecule has 7 nitrogen and oxygen atoms in total. The van der Waals surface area contributed by atoms with E-state index >= 15 is 0 Å². The lowest BCUT2D eigenvalue weighted by Gasteiger charge is -2.60. The molecule has 2 aliphatic carbocycles. The second-order valence-electron chi connectivity index (χ2n) is 12.4. The number of phenols is 1. The number of hydrogen-bond acceptors (Lipinski definition) is 6. The zero-order valence-corrected chi connectivity index (χ0v) is 24.2. The number of carbonyl (C=O) groups is 2. The molecule has 2 bridgehead atoms. The van der Waals surface area contributed by atoms with Gasteiger partial charge in [-0.2, -0.15) is 0 Å². The van der Waals surface area contributed by atoms with Gasteiger partial charge < -0.3 is 19.5 Å². The van der Waals surface area contributed by atoms with E-state index in [9.17, 15) is 14.7 Å². The number of rotatable bonds is 8. The molecule has 41 heavy (non-hydrogen) atoms. The van der Waals surface area contributed by atoms with E-state index in [0.29, 0.717) is 24.6 Å². The van der Waals surface area contributed by atoms with Crippen molar-refractivity contribution in [2.75, 3.05) is 19.6 Å². The number of aromatic hydroxyl groups is 1. The first-order valence-corrected chi connectivity index (χ1v) is 14.9. The second-order valence-corrected chi connectivity index (χ2v) is 12.4. The van der Waals surface area contributed by atoms with Gasteiger partial charge in [0.1, 0.15) is 11.9 Å². The highest BCUT2D eigenvalue weighted by molar-refractivity contribution is 5.92. The summed E-state index contributed by atoms with van der Waals surface area (Å²) in [6.07, 6.45) is 8.55. The van der Waals surface area contributed by atoms with Crippen LogP contribution in [0.4, 0.5) is 0 Å². The molecule has 2 fully saturated rings. The Morgan fingerprint density at radius 3 is 2.76 bits per heavy atom. The highest BCUT2D eigenvalue weighted by Crippen LogP contribution is 2.65. The zero-order chi connectivity index (χ0) is 28.9. The molecule has 2 aliphatic heterocycles. The zero-order valence-electron chi connectivity index (χ0n) is 24.2. The number of phenolic OH excluding ortho intramolecular Hbond substituents is 1. The van der Waals surface area contributed by atoms with E-state index in [1.807, 2.05) is 47.4 Å². The Hall–Kier alpha value is -3.58. The first-order valence-electron chi connectivity index (χ1n) is 14.9. The lowest BCUT2D eigenvalue weighted by molar-refractivity contribution is -0.138. The minimum absolute atomic E-state index is 0.0262. The Labute approximate surface area is 242 Å². The first kappa shape index (κ1) is 27.6. The topological polar surface area (TPSA) is 79.3 Å². The van der Waals surface area contributed by atoms with Crippen molar-refractivity contribution in [2.45, 2.75) is 70.1 Å². The fraction of sp³-hybridized carbons (Fsp3) is 0.471. The molecule has 0 unspecified atom stereocenters. The maximum atomic E-state index is 13.9. The summed E-state index contributed by atoms with van der Waals surface area (Å²) in [4.78, 5) is 30.5. The Bertz CT molecular complexity index is 1390. The smallest absolute Gasteiger partial charge is 0.308 e. The van der Waals surface area contributed by atoms with E-state index in [0.717, 1.165) is 49.0 Å². The monoisotopic (exact) mass is 556 g/mol. The van der Waals surface area contributed by atoms with Crippen LogP contribution in [-0.4, -0.2) is 64.6 Å². The van der Waals surface area contributed by atoms with Gasteiger partial charge in [-0.15, -0.1) is 6.58 Å². The van der Waals surface area contributed by atoms with Gasteiger partial charge in [0.2, 0.25) is 5.91 Å². The van der Waals surface area contributed by atoms with Crippen LogP contribution in [0.2, 0.25) is 0 Å². The van der Waals surface area contributed by atoms with Crippen molar-refractivity contribution in [3.05, 3.63) is 71.8 Å². The minimum Gasteiger partial charge on any atom is -0.508 e. The molecule has 1 amide bonds. The van der Waals surface area contributed by atoms with Gasteiger partial charge in [-0.25, -0.2) is 0 Å². The van der Waals surface area contributed by atoms with Crippen molar-refractivity contribution in [1.82, 2.24) is 9.80 Å². The lowest BCUT2D eigenvalue weighted by Crippen LogP contribution is -2.69. The summed E-state index contributed by atoms with van der Waals surface area (Å²) < 4.78 is 12.5. The summed E-state index contributed by atoms with van der Waals surface area (Å²) in [7, 11) is 0. The first-order chi connectivity index (χ1) is 19.7. The Kier molecular flexibility index (Phi) is 7.18. The van der Waals surface area contributed by atoms with Crippen LogP contribution < -0.4 is 9.47 Å². The van der Waals surface area contributed by atoms with Crippen molar-refractivity contribution < 1.29 is 24.2 Å². The molecular formula is C34H40N2O5. The predicted octanol–water partition coefficient (Wildman–Crippen LogP) is 5.11. The number of esters is 1. The van der Waals surface area contributed by atoms with E-state index in [1.165, 1.54) is 13.0 Å². The Morgan fingerprint density at radius 2 is 2.05 bits per heavy atom. The van der Waals surface area contributed by atoms with Gasteiger partial charge in [0, 0.05) is 54.7 Å². The molecule has 2 aromatic rings. The summed E-state index contributed by atoms with van der Waals surface area (Å²) in [6.45, 7) is 11.9. The molecule has 1 saturated carbocycles. The van der Waals surface area contributed by atoms with E-state index in [-0.39, 0.29) is 46.9 Å². The molecule has 5 atom stereocenters. The van der Waals surface area contributed by atoms with Crippen molar-refractivity contribution in [3.8, 4) is 17.2 Å². The number of nitrogens with zero attached hydrogens (tertiary/aromatic N) is 2. The number of hydrogen-bond donors (Lipinski definition) is 1. The molecular weight excluding hydrogens is 516 g/mol. The molecule has 0 aromatic heterocycles. The minimum atomic E-state index is -0.457. The average molecular weight is 557 g/mol. The van der Waals surface area contributed by atoms with Gasteiger partial charge >= 0.3 is 5.97 Å². The van der Waals surface area contributed by atoms with Gasteiger partial charge in [-0.05, 0) is 55.7 Å². The third-order valence-electron chi connectivity index (χ3n) is 9.57. The largest absolute Gasteiger partial charge is 0.508 e. The maximum Gasteiger partial charge on any atom is 0.308 e. The van der Waals surface area contributed by atoms with Crippen LogP contribution >= 0.6 is 0 Å². The molecule has 1 saturated heterocycles. The van der Waals surface area contributed by atoms with Gasteiger partial charge in [-0.3, -0.25) is 14.5 Å². The normalized spacial score (nSPS) is 27.8. The van der Waals surface area contributed by atoms with Crippen LogP contribution in [0.1, 0.15) is 56.7 Å². The van der Waals surface area contributed by atoms with Crippen molar-refractivity contribution in [2.24, 2.45) is 11.8 Å². The van der Waals surface area contributed by atoms with Crippen LogP contribution in [0.3, 0.4) is 0 Å². The fourth-order valence-electron chi connectivity index (χ4n) is 8.20. The summed E-state index contributed by atoms with van der Waals surface area (Å²) in [5.41, 5.74) is 2.49. The fourth-order valence-corrected chi connectivity index (χ4v) is 8.20. The third-order valence-corrected chi connectivity index (χ3v) is 9.57. The molecule has 4 aliphatic rings. The molecule has 0 radical (unpaired) electrons. The molecule has 1 spiro atoms. The second kappa shape index (κ2) is 10.7. The molecule has 2 aromatic carbocycles. The van der Waals surface area contributed by atoms with E-state index in [1.54, 1.807) is 6.08 Å². The number of piperidine rings is 1. The number of amides is 1. The van der Waals surface area contributed by atoms with Crippen LogP contribution in [0, 0.1) is 11.8 Å². The predicted molar refractivity (Wildman–Crippen MR) is 158 cm³/mol. The molecule has 216 valence electrons. The van der Waals surface area contributed by atoms with E-state index in [2.05, 4.69) is 25.3 Å². The van der Waals surface area contributed by atoms with Crippen molar-refractivity contribution in [3.63, 3.8) is 0 Å². The highest BCUT2D eigenvalue weighted by Gasteiger charge is 2.67. The highest BCUT2D eigenvalue weighted by atomic mass is 16.6. The quantitative estimate of drug-likeness (QED) is 0.211. The summed E-state index contributed by atoms with van der Waals surface area (Å²) in [5, 5.41) is 11.3. The van der Waals surface area contributed by atoms with Crippen LogP contribution in [0.5, 0.6) is 17.2 Å². The van der Waals surface area contributed by atoms with E-state index < -0.39 is 5.97 Å². The standard InChI is InChI=1S/C34H40N2O5/c1-5-16-35-17-15-34-25-12-13-26(36(20-21(2)3)30(39)14-11-23-9-7-6-8-10-23)33(34)41-32-29(40-22(4)37)19-28(38)24(31(32)34)18-27(25)35/h5-11,14,19,21,25-27,33,38H,1,12-13,15-18,20H2,2-4H3/t25-,26-,27+,33-,34-/m0/s1. The van der Waals surface area contributed by atoms with Gasteiger partial charge in [-0.1, -0.05) is 50.3 Å². The van der Waals surface area contributed by atoms with Gasteiger partial charge in [0.05, 0.1) is 6.04 Å². The van der Waals surface area contributed by atoms with Crippen molar-refractivity contribution in [1.29, 1.82) is 0 Å². The van der Waals surface area contributed by atoms with Crippen LogP contribution in [0.15, 0.2) is 55.1 Å². The number of carbonyl (C=O) groups excluding carboxylic acids is 2. The Balaban J connectivity index is 1.45.